The van der Waals surface area contributed by atoms with Gasteiger partial charge in [-0.05, 0) is 30.5 Å². The number of amides is 1. The van der Waals surface area contributed by atoms with Crippen LogP contribution < -0.4 is 15.0 Å². The number of hydrogen-bond donors (Lipinski definition) is 2. The number of aromatic nitrogens is 2. The van der Waals surface area contributed by atoms with E-state index in [-0.39, 0.29) is 19.1 Å². The summed E-state index contributed by atoms with van der Waals surface area (Å²) < 4.78 is 16.2. The molecule has 0 spiro atoms. The summed E-state index contributed by atoms with van der Waals surface area (Å²) in [5.41, 5.74) is 2.47. The fourth-order valence-corrected chi connectivity index (χ4v) is 4.26. The summed E-state index contributed by atoms with van der Waals surface area (Å²) in [6, 6.07) is 5.48. The third-order valence-electron chi connectivity index (χ3n) is 5.87. The lowest BCUT2D eigenvalue weighted by molar-refractivity contribution is -0.129. The molecule has 0 unspecified atom stereocenters. The van der Waals surface area contributed by atoms with Crippen molar-refractivity contribution in [2.24, 2.45) is 5.92 Å². The van der Waals surface area contributed by atoms with Crippen molar-refractivity contribution in [3.8, 4) is 22.9 Å². The molecule has 8 nitrogen and oxygen atoms in total. The number of nitrogens with zero attached hydrogens (tertiary/aromatic N) is 2. The highest BCUT2D eigenvalue weighted by molar-refractivity contribution is 5.75. The van der Waals surface area contributed by atoms with Crippen molar-refractivity contribution in [1.82, 2.24) is 15.6 Å². The number of rotatable bonds is 8. The monoisotopic (exact) mass is 401 g/mol. The lowest BCUT2D eigenvalue weighted by Crippen LogP contribution is -2.21. The summed E-state index contributed by atoms with van der Waals surface area (Å²) in [6.45, 7) is 0.204. The van der Waals surface area contributed by atoms with Gasteiger partial charge < -0.3 is 14.0 Å². The Balaban J connectivity index is 1.43. The number of ether oxygens (including phenoxy) is 2. The molecule has 2 N–H and O–H groups in total. The Kier molecular flexibility index (Phi) is 6.29. The number of benzene rings is 1. The molecule has 1 saturated carbocycles. The second-order valence-electron chi connectivity index (χ2n) is 7.90. The van der Waals surface area contributed by atoms with Crippen molar-refractivity contribution in [1.29, 1.82) is 0 Å². The number of nitrogens with one attached hydrogen (secondary N) is 1. The van der Waals surface area contributed by atoms with E-state index in [0.29, 0.717) is 23.2 Å². The van der Waals surface area contributed by atoms with Gasteiger partial charge in [0.05, 0.1) is 0 Å². The standard InChI is InChI=1S/C21H27N3O5/c25-19(23-26)12-16(8-4-7-14-5-2-1-3-6-14)21-22-20(24-29-21)15-9-10-17-18(11-15)28-13-27-17/h9-11,14,16,26H,1-8,12-13H2,(H,23,25)/t16-/m1/s1. The lowest BCUT2D eigenvalue weighted by Gasteiger charge is -2.22. The van der Waals surface area contributed by atoms with Gasteiger partial charge in [0, 0.05) is 17.9 Å². The van der Waals surface area contributed by atoms with Crippen LogP contribution in [0.5, 0.6) is 11.5 Å². The molecule has 1 fully saturated rings. The van der Waals surface area contributed by atoms with Crippen molar-refractivity contribution in [2.75, 3.05) is 6.79 Å². The van der Waals surface area contributed by atoms with E-state index in [9.17, 15) is 4.79 Å². The summed E-state index contributed by atoms with van der Waals surface area (Å²) in [5, 5.41) is 13.0. The molecular formula is C21H27N3O5. The first kappa shape index (κ1) is 19.7. The van der Waals surface area contributed by atoms with Crippen LogP contribution in [0, 0.1) is 5.92 Å². The number of hydroxylamine groups is 1. The molecule has 8 heteroatoms. The number of carbonyl (C=O) groups is 1. The van der Waals surface area contributed by atoms with E-state index in [1.54, 1.807) is 5.48 Å². The minimum absolute atomic E-state index is 0.115. The molecule has 29 heavy (non-hydrogen) atoms. The van der Waals surface area contributed by atoms with Crippen LogP contribution in [0.3, 0.4) is 0 Å². The molecule has 0 bridgehead atoms. The summed E-state index contributed by atoms with van der Waals surface area (Å²) in [4.78, 5) is 16.3. The van der Waals surface area contributed by atoms with Crippen LogP contribution >= 0.6 is 0 Å². The molecule has 2 aliphatic rings. The number of carbonyl (C=O) groups excluding carboxylic acids is 1. The molecule has 1 amide bonds. The molecule has 1 aliphatic carbocycles. The van der Waals surface area contributed by atoms with Crippen LogP contribution in [0.4, 0.5) is 0 Å². The van der Waals surface area contributed by atoms with Crippen molar-refractivity contribution < 1.29 is 24.0 Å². The maximum Gasteiger partial charge on any atom is 0.244 e. The summed E-state index contributed by atoms with van der Waals surface area (Å²) >= 11 is 0. The highest BCUT2D eigenvalue weighted by Crippen LogP contribution is 2.36. The van der Waals surface area contributed by atoms with Crippen LogP contribution in [0.2, 0.25) is 0 Å². The van der Waals surface area contributed by atoms with Gasteiger partial charge >= 0.3 is 0 Å². The molecule has 2 heterocycles. The second kappa shape index (κ2) is 9.26. The van der Waals surface area contributed by atoms with Gasteiger partial charge in [-0.25, -0.2) is 5.48 Å². The molecule has 1 atom stereocenters. The van der Waals surface area contributed by atoms with E-state index >= 15 is 0 Å². The van der Waals surface area contributed by atoms with E-state index in [2.05, 4.69) is 10.1 Å². The Morgan fingerprint density at radius 3 is 2.86 bits per heavy atom. The molecule has 1 aromatic carbocycles. The number of fused-ring (bicyclic) bond motifs is 1. The minimum Gasteiger partial charge on any atom is -0.454 e. The van der Waals surface area contributed by atoms with E-state index in [0.717, 1.165) is 30.7 Å². The lowest BCUT2D eigenvalue weighted by atomic mass is 9.84. The van der Waals surface area contributed by atoms with Crippen molar-refractivity contribution in [2.45, 2.75) is 63.7 Å². The minimum atomic E-state index is -0.449. The summed E-state index contributed by atoms with van der Waals surface area (Å²) in [6.07, 6.45) is 9.63. The second-order valence-corrected chi connectivity index (χ2v) is 7.90. The molecule has 0 radical (unpaired) electrons. The van der Waals surface area contributed by atoms with Crippen LogP contribution in [0.25, 0.3) is 11.4 Å². The van der Waals surface area contributed by atoms with Crippen molar-refractivity contribution in [3.05, 3.63) is 24.1 Å². The molecule has 1 aromatic heterocycles. The Morgan fingerprint density at radius 2 is 2.03 bits per heavy atom. The zero-order chi connectivity index (χ0) is 20.1. The SMILES string of the molecule is O=C(C[C@@H](CCCC1CCCCC1)c1nc(-c2ccc3c(c2)OCO3)no1)NO. The topological polar surface area (TPSA) is 107 Å². The average Bonchev–Trinajstić information content (AvgIpc) is 3.42. The highest BCUT2D eigenvalue weighted by atomic mass is 16.7. The van der Waals surface area contributed by atoms with Gasteiger partial charge in [-0.15, -0.1) is 0 Å². The zero-order valence-corrected chi connectivity index (χ0v) is 16.4. The van der Waals surface area contributed by atoms with Crippen molar-refractivity contribution in [3.63, 3.8) is 0 Å². The number of hydrogen-bond acceptors (Lipinski definition) is 7. The zero-order valence-electron chi connectivity index (χ0n) is 16.4. The van der Waals surface area contributed by atoms with Crippen molar-refractivity contribution >= 4 is 5.91 Å². The smallest absolute Gasteiger partial charge is 0.244 e. The predicted octanol–water partition coefficient (Wildman–Crippen LogP) is 4.20. The van der Waals surface area contributed by atoms with Gasteiger partial charge in [0.2, 0.25) is 24.4 Å². The summed E-state index contributed by atoms with van der Waals surface area (Å²) in [7, 11) is 0. The molecular weight excluding hydrogens is 374 g/mol. The first-order valence-corrected chi connectivity index (χ1v) is 10.4. The maximum absolute atomic E-state index is 11.8. The van der Waals surface area contributed by atoms with E-state index in [1.165, 1.54) is 32.1 Å². The van der Waals surface area contributed by atoms with E-state index < -0.39 is 5.91 Å². The van der Waals surface area contributed by atoms with Gasteiger partial charge in [-0.3, -0.25) is 10.0 Å². The Labute approximate surface area is 169 Å². The van der Waals surface area contributed by atoms with E-state index in [1.807, 2.05) is 18.2 Å². The van der Waals surface area contributed by atoms with Crippen LogP contribution in [-0.2, 0) is 4.79 Å². The normalized spacial score (nSPS) is 17.3. The van der Waals surface area contributed by atoms with Gasteiger partial charge in [0.25, 0.3) is 0 Å². The Morgan fingerprint density at radius 1 is 1.21 bits per heavy atom. The first-order chi connectivity index (χ1) is 14.2. The first-order valence-electron chi connectivity index (χ1n) is 10.4. The van der Waals surface area contributed by atoms with Gasteiger partial charge in [0.15, 0.2) is 11.5 Å². The fourth-order valence-electron chi connectivity index (χ4n) is 4.26. The van der Waals surface area contributed by atoms with Gasteiger partial charge in [-0.1, -0.05) is 50.1 Å². The third-order valence-corrected chi connectivity index (χ3v) is 5.87. The molecule has 2 aromatic rings. The highest BCUT2D eigenvalue weighted by Gasteiger charge is 2.24. The molecule has 156 valence electrons. The summed E-state index contributed by atoms with van der Waals surface area (Å²) in [5.74, 6) is 2.32. The Hall–Kier alpha value is -2.61. The van der Waals surface area contributed by atoms with E-state index in [4.69, 9.17) is 19.2 Å². The average molecular weight is 401 g/mol. The fraction of sp³-hybridized carbons (Fsp3) is 0.571. The molecule has 1 aliphatic heterocycles. The predicted molar refractivity (Wildman–Crippen MR) is 104 cm³/mol. The quantitative estimate of drug-likeness (QED) is 0.504. The maximum atomic E-state index is 11.8. The largest absolute Gasteiger partial charge is 0.454 e. The third kappa shape index (κ3) is 4.87. The van der Waals surface area contributed by atoms with Crippen LogP contribution in [0.1, 0.15) is 69.6 Å². The van der Waals surface area contributed by atoms with Crippen LogP contribution in [-0.4, -0.2) is 28.0 Å². The van der Waals surface area contributed by atoms with Gasteiger partial charge in [-0.2, -0.15) is 4.98 Å². The molecule has 4 rings (SSSR count). The Bertz CT molecular complexity index is 831. The van der Waals surface area contributed by atoms with Crippen LogP contribution in [0.15, 0.2) is 22.7 Å². The molecule has 0 saturated heterocycles. The van der Waals surface area contributed by atoms with Gasteiger partial charge in [0.1, 0.15) is 0 Å².